The van der Waals surface area contributed by atoms with Crippen LogP contribution < -0.4 is 0 Å². The van der Waals surface area contributed by atoms with Crippen molar-refractivity contribution in [2.24, 2.45) is 0 Å². The van der Waals surface area contributed by atoms with E-state index in [1.54, 1.807) is 0 Å². The Hall–Kier alpha value is 0.560. The fourth-order valence-electron chi connectivity index (χ4n) is 0.0873. The molecular formula is C3H5AuO2S. The molecule has 1 N–H and O–H groups in total. The first kappa shape index (κ1) is 10.5. The van der Waals surface area contributed by atoms with Gasteiger partial charge in [0.1, 0.15) is 0 Å². The first-order chi connectivity index (χ1) is 2.77. The van der Waals surface area contributed by atoms with Crippen molar-refractivity contribution in [3.63, 3.8) is 0 Å². The van der Waals surface area contributed by atoms with E-state index >= 15 is 0 Å². The second kappa shape index (κ2) is 6.56. The molecule has 0 fully saturated rings. The maximum atomic E-state index is 9.53. The molecule has 7 heavy (non-hydrogen) atoms. The number of aliphatic carboxylic acids is 1. The molecule has 0 spiro atoms. The van der Waals surface area contributed by atoms with E-state index < -0.39 is 5.97 Å². The Labute approximate surface area is 63.2 Å². The van der Waals surface area contributed by atoms with Crippen molar-refractivity contribution in [1.29, 1.82) is 0 Å². The summed E-state index contributed by atoms with van der Waals surface area (Å²) in [7, 11) is 0. The summed E-state index contributed by atoms with van der Waals surface area (Å²) in [5, 5.41) is 7.85. The van der Waals surface area contributed by atoms with Gasteiger partial charge < -0.3 is 17.7 Å². The second-order valence-corrected chi connectivity index (χ2v) is 1.26. The molecule has 0 aromatic rings. The van der Waals surface area contributed by atoms with Crippen LogP contribution in [0.25, 0.3) is 0 Å². The van der Waals surface area contributed by atoms with Gasteiger partial charge in [0.25, 0.3) is 0 Å². The van der Waals surface area contributed by atoms with E-state index in [1.165, 1.54) is 0 Å². The monoisotopic (exact) mass is 302 g/mol. The molecule has 4 heteroatoms. The summed E-state index contributed by atoms with van der Waals surface area (Å²) in [6.07, 6.45) is 0.106. The van der Waals surface area contributed by atoms with Gasteiger partial charge in [0.15, 0.2) is 0 Å². The summed E-state index contributed by atoms with van der Waals surface area (Å²) < 4.78 is 0. The smallest absolute Gasteiger partial charge is 0.792 e. The van der Waals surface area contributed by atoms with Gasteiger partial charge in [0, 0.05) is 6.42 Å². The Morgan fingerprint density at radius 3 is 2.14 bits per heavy atom. The normalized spacial score (nSPS) is 7.00. The molecule has 0 heterocycles. The molecule has 0 rings (SSSR count). The molecule has 0 aromatic carbocycles. The summed E-state index contributed by atoms with van der Waals surface area (Å²) in [5.74, 6) is -0.500. The largest absolute Gasteiger partial charge is 1.00 e. The molecule has 0 aliphatic carbocycles. The van der Waals surface area contributed by atoms with Crippen molar-refractivity contribution in [2.75, 3.05) is 5.75 Å². The zero-order valence-electron chi connectivity index (χ0n) is 3.48. The van der Waals surface area contributed by atoms with Crippen LogP contribution in [0.5, 0.6) is 0 Å². The molecule has 0 atom stereocenters. The molecule has 0 aliphatic rings. The third-order valence-electron chi connectivity index (χ3n) is 0.316. The fourth-order valence-corrected chi connectivity index (χ4v) is 0.262. The predicted molar refractivity (Wildman–Crippen MR) is 24.5 cm³/mol. The van der Waals surface area contributed by atoms with Crippen LogP contribution in [0, 0.1) is 0 Å². The molecule has 0 radical (unpaired) electrons. The minimum atomic E-state index is -0.815. The van der Waals surface area contributed by atoms with Crippen molar-refractivity contribution >= 4 is 18.6 Å². The van der Waals surface area contributed by atoms with Gasteiger partial charge in [-0.3, -0.25) is 4.79 Å². The Morgan fingerprint density at radius 1 is 1.71 bits per heavy atom. The third kappa shape index (κ3) is 10.8. The Kier molecular flexibility index (Phi) is 9.86. The van der Waals surface area contributed by atoms with Crippen molar-refractivity contribution < 1.29 is 32.3 Å². The molecule has 0 amide bonds. The van der Waals surface area contributed by atoms with Crippen LogP contribution in [0.4, 0.5) is 0 Å². The summed E-state index contributed by atoms with van der Waals surface area (Å²) in [6, 6.07) is 0. The molecule has 0 bridgehead atoms. The van der Waals surface area contributed by atoms with Gasteiger partial charge in [-0.05, 0) is 0 Å². The van der Waals surface area contributed by atoms with Gasteiger partial charge in [0.2, 0.25) is 0 Å². The molecule has 0 unspecified atom stereocenters. The van der Waals surface area contributed by atoms with Crippen LogP contribution >= 0.6 is 0 Å². The van der Waals surface area contributed by atoms with Crippen LogP contribution in [-0.2, 0) is 39.8 Å². The minimum Gasteiger partial charge on any atom is -0.792 e. The number of hydrogen-bond donors (Lipinski definition) is 1. The average Bonchev–Trinajstić information content (AvgIpc) is 1.35. The Balaban J connectivity index is 0. The predicted octanol–water partition coefficient (Wildman–Crippen LogP) is 0.00550. The van der Waals surface area contributed by atoms with Gasteiger partial charge in [-0.1, -0.05) is 0 Å². The van der Waals surface area contributed by atoms with Crippen LogP contribution in [0.2, 0.25) is 0 Å². The van der Waals surface area contributed by atoms with E-state index in [-0.39, 0.29) is 28.8 Å². The summed E-state index contributed by atoms with van der Waals surface area (Å²) >= 11 is 4.35. The van der Waals surface area contributed by atoms with Gasteiger partial charge in [-0.2, -0.15) is 5.75 Å². The second-order valence-electron chi connectivity index (χ2n) is 0.848. The van der Waals surface area contributed by atoms with E-state index in [1.807, 2.05) is 0 Å². The summed E-state index contributed by atoms with van der Waals surface area (Å²) in [6.45, 7) is 0. The standard InChI is InChI=1S/C3H6O2S.Au/c4-3(5)1-2-6;/h6H,1-2H2,(H,4,5);/q;+1/p-1. The molecule has 0 aliphatic heterocycles. The van der Waals surface area contributed by atoms with E-state index in [0.29, 0.717) is 5.75 Å². The van der Waals surface area contributed by atoms with Crippen molar-refractivity contribution in [3.8, 4) is 0 Å². The zero-order valence-corrected chi connectivity index (χ0v) is 6.46. The van der Waals surface area contributed by atoms with Crippen LogP contribution in [0.1, 0.15) is 6.42 Å². The van der Waals surface area contributed by atoms with Crippen molar-refractivity contribution in [1.82, 2.24) is 0 Å². The maximum absolute atomic E-state index is 9.53. The van der Waals surface area contributed by atoms with E-state index in [4.69, 9.17) is 5.11 Å². The number of hydrogen-bond acceptors (Lipinski definition) is 2. The average molecular weight is 302 g/mol. The topological polar surface area (TPSA) is 37.3 Å². The van der Waals surface area contributed by atoms with Gasteiger partial charge in [0.05, 0.1) is 0 Å². The van der Waals surface area contributed by atoms with Crippen molar-refractivity contribution in [3.05, 3.63) is 0 Å². The van der Waals surface area contributed by atoms with Crippen LogP contribution in [0.3, 0.4) is 0 Å². The molecule has 0 aromatic heterocycles. The van der Waals surface area contributed by atoms with Crippen LogP contribution in [-0.4, -0.2) is 16.8 Å². The van der Waals surface area contributed by atoms with Gasteiger partial charge >= 0.3 is 28.3 Å². The molecule has 46 valence electrons. The Bertz CT molecular complexity index is 56.9. The summed E-state index contributed by atoms with van der Waals surface area (Å²) in [4.78, 5) is 9.53. The number of carboxylic acid groups (broad SMARTS) is 1. The van der Waals surface area contributed by atoms with E-state index in [2.05, 4.69) is 12.6 Å². The minimum absolute atomic E-state index is 0. The van der Waals surface area contributed by atoms with Crippen LogP contribution in [0.15, 0.2) is 0 Å². The van der Waals surface area contributed by atoms with E-state index in [0.717, 1.165) is 0 Å². The zero-order chi connectivity index (χ0) is 4.99. The first-order valence-corrected chi connectivity index (χ1v) is 2.15. The summed E-state index contributed by atoms with van der Waals surface area (Å²) in [5.41, 5.74) is 0. The van der Waals surface area contributed by atoms with Crippen molar-refractivity contribution in [2.45, 2.75) is 6.42 Å². The molecule has 0 saturated heterocycles. The molecule has 2 nitrogen and oxygen atoms in total. The molecule has 0 saturated carbocycles. The fraction of sp³-hybridized carbons (Fsp3) is 0.667. The van der Waals surface area contributed by atoms with Gasteiger partial charge in [-0.15, -0.1) is 0 Å². The number of carbonyl (C=O) groups is 1. The maximum Gasteiger partial charge on any atom is 1.00 e. The molecular weight excluding hydrogens is 297 g/mol. The third-order valence-corrected chi connectivity index (χ3v) is 0.520. The van der Waals surface area contributed by atoms with Gasteiger partial charge in [-0.25, -0.2) is 0 Å². The number of rotatable bonds is 2. The number of carboxylic acids is 1. The van der Waals surface area contributed by atoms with E-state index in [9.17, 15) is 4.79 Å². The SMILES string of the molecule is O=C(O)CC[S-].[Au+]. The Morgan fingerprint density at radius 2 is 2.14 bits per heavy atom. The quantitative estimate of drug-likeness (QED) is 0.576. The first-order valence-electron chi connectivity index (χ1n) is 1.57.